The zero-order chi connectivity index (χ0) is 26.7. The summed E-state index contributed by atoms with van der Waals surface area (Å²) >= 11 is 0. The first kappa shape index (κ1) is 27.0. The highest BCUT2D eigenvalue weighted by Gasteiger charge is 2.19. The van der Waals surface area contributed by atoms with E-state index >= 15 is 0 Å². The molecular weight excluding hydrogens is 480 g/mol. The number of ether oxygens (including phenoxy) is 2. The molecule has 38 heavy (non-hydrogen) atoms. The largest absolute Gasteiger partial charge is 0.493 e. The number of aliphatic carboxylic acids is 2. The Bertz CT molecular complexity index is 1290. The molecule has 198 valence electrons. The molecule has 0 heterocycles. The van der Waals surface area contributed by atoms with Gasteiger partial charge in [0.1, 0.15) is 11.5 Å². The quantitative estimate of drug-likeness (QED) is 0.158. The summed E-state index contributed by atoms with van der Waals surface area (Å²) < 4.78 is 12.7. The van der Waals surface area contributed by atoms with E-state index in [1.165, 1.54) is 0 Å². The summed E-state index contributed by atoms with van der Waals surface area (Å²) in [5.41, 5.74) is 1.96. The third kappa shape index (κ3) is 7.03. The van der Waals surface area contributed by atoms with Crippen LogP contribution >= 0.6 is 0 Å². The first-order valence-electron chi connectivity index (χ1n) is 13.3. The lowest BCUT2D eigenvalue weighted by atomic mass is 9.92. The van der Waals surface area contributed by atoms with Crippen molar-refractivity contribution in [1.29, 1.82) is 0 Å². The Labute approximate surface area is 222 Å². The average molecular weight is 515 g/mol. The van der Waals surface area contributed by atoms with Gasteiger partial charge in [-0.3, -0.25) is 9.59 Å². The van der Waals surface area contributed by atoms with Crippen LogP contribution in [-0.2, 0) is 9.59 Å². The number of carboxylic acid groups (broad SMARTS) is 2. The van der Waals surface area contributed by atoms with Crippen molar-refractivity contribution in [2.45, 2.75) is 51.4 Å². The molecule has 6 nitrogen and oxygen atoms in total. The van der Waals surface area contributed by atoms with E-state index < -0.39 is 11.9 Å². The first-order valence-corrected chi connectivity index (χ1v) is 13.3. The first-order chi connectivity index (χ1) is 18.5. The minimum absolute atomic E-state index is 0.175. The summed E-state index contributed by atoms with van der Waals surface area (Å²) in [6.45, 7) is 0.991. The Balaban J connectivity index is 1.67. The number of fused-ring (bicyclic) bond motifs is 2. The smallest absolute Gasteiger partial charge is 0.303 e. The minimum Gasteiger partial charge on any atom is -0.493 e. The standard InChI is InChI=1S/C32H34O6/c33-29(34)15-3-1-9-21-37-27-19-17-23-11-5-7-13-25(23)31(27)32-26-14-8-6-12-24(26)18-20-28(32)38-22-10-2-4-16-30(35)36/h5-8,11-14,17-20H,1-4,9-10,15-16,21-22H2,(H,33,34)(H,35,36). The monoisotopic (exact) mass is 514 g/mol. The molecule has 0 aromatic heterocycles. The average Bonchev–Trinajstić information content (AvgIpc) is 2.92. The molecule has 2 N–H and O–H groups in total. The molecule has 6 heteroatoms. The maximum atomic E-state index is 10.8. The van der Waals surface area contributed by atoms with Crippen molar-refractivity contribution in [2.24, 2.45) is 0 Å². The van der Waals surface area contributed by atoms with Gasteiger partial charge >= 0.3 is 11.9 Å². The zero-order valence-corrected chi connectivity index (χ0v) is 21.5. The number of rotatable bonds is 15. The van der Waals surface area contributed by atoms with Crippen molar-refractivity contribution < 1.29 is 29.3 Å². The van der Waals surface area contributed by atoms with Crippen LogP contribution in [0.5, 0.6) is 11.5 Å². The van der Waals surface area contributed by atoms with Crippen LogP contribution in [0.2, 0.25) is 0 Å². The van der Waals surface area contributed by atoms with Crippen molar-refractivity contribution in [3.8, 4) is 22.6 Å². The second-order valence-corrected chi connectivity index (χ2v) is 9.43. The van der Waals surface area contributed by atoms with E-state index in [2.05, 4.69) is 36.4 Å². The normalized spacial score (nSPS) is 11.1. The molecule has 0 bridgehead atoms. The van der Waals surface area contributed by atoms with E-state index in [9.17, 15) is 9.59 Å². The maximum Gasteiger partial charge on any atom is 0.303 e. The summed E-state index contributed by atoms with van der Waals surface area (Å²) in [4.78, 5) is 21.6. The molecule has 0 unspecified atom stereocenters. The molecule has 4 aromatic rings. The number of benzene rings is 4. The van der Waals surface area contributed by atoms with E-state index in [4.69, 9.17) is 19.7 Å². The number of hydrogen-bond acceptors (Lipinski definition) is 4. The Morgan fingerprint density at radius 1 is 0.526 bits per heavy atom. The van der Waals surface area contributed by atoms with E-state index in [1.54, 1.807) is 0 Å². The molecule has 0 radical (unpaired) electrons. The molecule has 4 rings (SSSR count). The van der Waals surface area contributed by atoms with Gasteiger partial charge in [-0.1, -0.05) is 60.7 Å². The fourth-order valence-corrected chi connectivity index (χ4v) is 4.73. The number of carbonyl (C=O) groups is 2. The Kier molecular flexibility index (Phi) is 9.57. The molecular formula is C32H34O6. The summed E-state index contributed by atoms with van der Waals surface area (Å²) in [5.74, 6) is -0.00426. The highest BCUT2D eigenvalue weighted by atomic mass is 16.5. The maximum absolute atomic E-state index is 10.8. The van der Waals surface area contributed by atoms with Gasteiger partial charge in [0.25, 0.3) is 0 Å². The predicted molar refractivity (Wildman–Crippen MR) is 150 cm³/mol. The van der Waals surface area contributed by atoms with Gasteiger partial charge in [0.05, 0.1) is 13.2 Å². The topological polar surface area (TPSA) is 93.1 Å². The minimum atomic E-state index is -0.770. The second-order valence-electron chi connectivity index (χ2n) is 9.43. The molecule has 0 aliphatic carbocycles. The fraction of sp³-hybridized carbons (Fsp3) is 0.312. The third-order valence-electron chi connectivity index (χ3n) is 6.62. The van der Waals surface area contributed by atoms with Crippen molar-refractivity contribution >= 4 is 33.5 Å². The van der Waals surface area contributed by atoms with Crippen LogP contribution in [0.1, 0.15) is 51.4 Å². The van der Waals surface area contributed by atoms with Crippen LogP contribution in [-0.4, -0.2) is 35.4 Å². The molecule has 0 aliphatic rings. The van der Waals surface area contributed by atoms with Gasteiger partial charge < -0.3 is 19.7 Å². The van der Waals surface area contributed by atoms with Crippen LogP contribution in [0.3, 0.4) is 0 Å². The van der Waals surface area contributed by atoms with Gasteiger partial charge in [-0.25, -0.2) is 0 Å². The number of hydrogen-bond donors (Lipinski definition) is 2. The molecule has 4 aromatic carbocycles. The lowest BCUT2D eigenvalue weighted by molar-refractivity contribution is -0.138. The number of carboxylic acids is 2. The SMILES string of the molecule is O=C(O)CCCCCOc1ccc2ccccc2c1-c1c(OCCCCCC(=O)O)ccc2ccccc12. The van der Waals surface area contributed by atoms with Gasteiger partial charge in [0.15, 0.2) is 0 Å². The van der Waals surface area contributed by atoms with E-state index in [-0.39, 0.29) is 12.8 Å². The van der Waals surface area contributed by atoms with Crippen LogP contribution < -0.4 is 9.47 Å². The summed E-state index contributed by atoms with van der Waals surface area (Å²) in [5, 5.41) is 22.1. The summed E-state index contributed by atoms with van der Waals surface area (Å²) in [6, 6.07) is 24.6. The number of unbranched alkanes of at least 4 members (excludes halogenated alkanes) is 4. The molecule has 0 saturated heterocycles. The third-order valence-corrected chi connectivity index (χ3v) is 6.62. The van der Waals surface area contributed by atoms with Crippen molar-refractivity contribution in [3.05, 3.63) is 72.8 Å². The van der Waals surface area contributed by atoms with Crippen LogP contribution in [0.4, 0.5) is 0 Å². The Morgan fingerprint density at radius 2 is 0.947 bits per heavy atom. The second kappa shape index (κ2) is 13.5. The lowest BCUT2D eigenvalue weighted by Crippen LogP contribution is -2.03. The molecule has 0 atom stereocenters. The van der Waals surface area contributed by atoms with Gasteiger partial charge in [-0.2, -0.15) is 0 Å². The Hall–Kier alpha value is -4.06. The van der Waals surface area contributed by atoms with Crippen molar-refractivity contribution in [2.75, 3.05) is 13.2 Å². The molecule has 0 saturated carbocycles. The van der Waals surface area contributed by atoms with Gasteiger partial charge in [-0.05, 0) is 72.2 Å². The van der Waals surface area contributed by atoms with E-state index in [0.717, 1.165) is 69.9 Å². The van der Waals surface area contributed by atoms with Crippen molar-refractivity contribution in [1.82, 2.24) is 0 Å². The van der Waals surface area contributed by atoms with Gasteiger partial charge in [-0.15, -0.1) is 0 Å². The van der Waals surface area contributed by atoms with Crippen LogP contribution in [0.25, 0.3) is 32.7 Å². The molecule has 0 amide bonds. The predicted octanol–water partition coefficient (Wildman–Crippen LogP) is 7.71. The van der Waals surface area contributed by atoms with Gasteiger partial charge in [0.2, 0.25) is 0 Å². The highest BCUT2D eigenvalue weighted by molar-refractivity contribution is 6.09. The molecule has 0 fully saturated rings. The molecule has 0 spiro atoms. The lowest BCUT2D eigenvalue weighted by Gasteiger charge is -2.20. The highest BCUT2D eigenvalue weighted by Crippen LogP contribution is 2.45. The summed E-state index contributed by atoms with van der Waals surface area (Å²) in [7, 11) is 0. The summed E-state index contributed by atoms with van der Waals surface area (Å²) in [6.07, 6.45) is 4.75. The molecule has 0 aliphatic heterocycles. The van der Waals surface area contributed by atoms with Crippen molar-refractivity contribution in [3.63, 3.8) is 0 Å². The zero-order valence-electron chi connectivity index (χ0n) is 21.5. The van der Waals surface area contributed by atoms with Crippen LogP contribution in [0, 0.1) is 0 Å². The van der Waals surface area contributed by atoms with E-state index in [1.807, 2.05) is 36.4 Å². The van der Waals surface area contributed by atoms with E-state index in [0.29, 0.717) is 26.1 Å². The van der Waals surface area contributed by atoms with Crippen LogP contribution in [0.15, 0.2) is 72.8 Å². The van der Waals surface area contributed by atoms with Gasteiger partial charge in [0, 0.05) is 24.0 Å². The Morgan fingerprint density at radius 3 is 1.37 bits per heavy atom. The fourth-order valence-electron chi connectivity index (χ4n) is 4.73.